The molecule has 0 saturated heterocycles. The highest BCUT2D eigenvalue weighted by Gasteiger charge is 2.30. The minimum atomic E-state index is -4.42. The molecule has 0 bridgehead atoms. The Kier molecular flexibility index (Phi) is 5.59. The molecule has 1 heterocycles. The average Bonchev–Trinajstić information content (AvgIpc) is 2.65. The summed E-state index contributed by atoms with van der Waals surface area (Å²) >= 11 is 0. The van der Waals surface area contributed by atoms with E-state index in [1.807, 2.05) is 36.4 Å². The maximum Gasteiger partial charge on any atom is 0.417 e. The van der Waals surface area contributed by atoms with Gasteiger partial charge in [-0.05, 0) is 43.0 Å². The number of ketones is 1. The molecule has 2 aromatic rings. The molecule has 0 aliphatic heterocycles. The number of allylic oxidation sites excluding steroid dienone is 2. The molecule has 1 aliphatic rings. The van der Waals surface area contributed by atoms with Crippen molar-refractivity contribution in [2.45, 2.75) is 25.4 Å². The highest BCUT2D eigenvalue weighted by molar-refractivity contribution is 6.11. The number of halogens is 3. The largest absolute Gasteiger partial charge is 0.417 e. The van der Waals surface area contributed by atoms with Crippen molar-refractivity contribution >= 4 is 17.7 Å². The monoisotopic (exact) mass is 373 g/mol. The Labute approximate surface area is 154 Å². The molecule has 1 fully saturated rings. The van der Waals surface area contributed by atoms with Crippen molar-refractivity contribution in [3.63, 3.8) is 0 Å². The van der Waals surface area contributed by atoms with Gasteiger partial charge in [0.05, 0.1) is 5.56 Å². The second kappa shape index (κ2) is 8.07. The van der Waals surface area contributed by atoms with E-state index < -0.39 is 11.7 Å². The summed E-state index contributed by atoms with van der Waals surface area (Å²) in [4.78, 5) is 16.3. The number of pyridine rings is 1. The van der Waals surface area contributed by atoms with Crippen molar-refractivity contribution in [2.75, 3.05) is 5.43 Å². The molecule has 4 nitrogen and oxygen atoms in total. The first-order valence-electron chi connectivity index (χ1n) is 8.47. The van der Waals surface area contributed by atoms with Gasteiger partial charge in [0.2, 0.25) is 0 Å². The highest BCUT2D eigenvalue weighted by Crippen LogP contribution is 2.29. The molecule has 27 heavy (non-hydrogen) atoms. The molecule has 1 saturated carbocycles. The molecule has 1 aromatic heterocycles. The first-order valence-corrected chi connectivity index (χ1v) is 8.47. The number of Topliss-reactive ketones (excluding diaryl/α,β-unsaturated/α-hetero) is 1. The van der Waals surface area contributed by atoms with Crippen LogP contribution in [0.15, 0.2) is 66.0 Å². The van der Waals surface area contributed by atoms with Gasteiger partial charge in [-0.3, -0.25) is 10.2 Å². The Balaban J connectivity index is 1.63. The van der Waals surface area contributed by atoms with Gasteiger partial charge in [-0.2, -0.15) is 13.2 Å². The Morgan fingerprint density at radius 1 is 1.00 bits per heavy atom. The van der Waals surface area contributed by atoms with E-state index in [-0.39, 0.29) is 11.6 Å². The van der Waals surface area contributed by atoms with Crippen molar-refractivity contribution < 1.29 is 18.0 Å². The fourth-order valence-corrected chi connectivity index (χ4v) is 2.76. The third-order valence-corrected chi connectivity index (χ3v) is 4.15. The topological polar surface area (TPSA) is 54.0 Å². The van der Waals surface area contributed by atoms with Crippen LogP contribution >= 0.6 is 0 Å². The number of carbonyl (C=O) groups excluding carboxylic acids is 1. The van der Waals surface area contributed by atoms with Gasteiger partial charge in [0.25, 0.3) is 0 Å². The Hall–Kier alpha value is -3.09. The summed E-state index contributed by atoms with van der Waals surface area (Å²) in [5.74, 6) is 0.197. The number of benzene rings is 1. The van der Waals surface area contributed by atoms with Crippen molar-refractivity contribution in [1.82, 2.24) is 10.4 Å². The van der Waals surface area contributed by atoms with Crippen LogP contribution in [-0.4, -0.2) is 10.8 Å². The molecule has 7 heteroatoms. The average molecular weight is 373 g/mol. The lowest BCUT2D eigenvalue weighted by molar-refractivity contribution is -0.137. The molecule has 3 rings (SSSR count). The number of aromatic nitrogens is 1. The Bertz CT molecular complexity index is 856. The summed E-state index contributed by atoms with van der Waals surface area (Å²) < 4.78 is 37.6. The number of alkyl halides is 3. The lowest BCUT2D eigenvalue weighted by atomic mass is 9.88. The molecule has 0 atom stereocenters. The minimum Gasteiger partial charge on any atom is -0.307 e. The highest BCUT2D eigenvalue weighted by atomic mass is 19.4. The third kappa shape index (κ3) is 4.97. The van der Waals surface area contributed by atoms with E-state index in [1.54, 1.807) is 6.20 Å². The first-order chi connectivity index (χ1) is 12.9. The molecule has 0 amide bonds. The lowest BCUT2D eigenvalue weighted by Gasteiger charge is -2.17. The van der Waals surface area contributed by atoms with Crippen LogP contribution in [-0.2, 0) is 11.0 Å². The van der Waals surface area contributed by atoms with Crippen molar-refractivity contribution in [3.05, 3.63) is 77.1 Å². The summed E-state index contributed by atoms with van der Waals surface area (Å²) in [5.41, 5.74) is 6.94. The van der Waals surface area contributed by atoms with Gasteiger partial charge in [-0.15, -0.1) is 0 Å². The fourth-order valence-electron chi connectivity index (χ4n) is 2.76. The normalized spacial score (nSPS) is 18.0. The quantitative estimate of drug-likeness (QED) is 0.601. The van der Waals surface area contributed by atoms with E-state index in [9.17, 15) is 18.0 Å². The Morgan fingerprint density at radius 3 is 2.41 bits per heavy atom. The van der Waals surface area contributed by atoms with Crippen molar-refractivity contribution in [3.8, 4) is 0 Å². The zero-order valence-corrected chi connectivity index (χ0v) is 14.4. The van der Waals surface area contributed by atoms with E-state index in [0.29, 0.717) is 12.0 Å². The zero-order valence-electron chi connectivity index (χ0n) is 14.4. The SMILES string of the molecule is O=C1C(=CNNc2ccc(C(F)(F)F)cn2)CCC/C1=C/c1ccccc1. The van der Waals surface area contributed by atoms with Crippen molar-refractivity contribution in [2.24, 2.45) is 0 Å². The van der Waals surface area contributed by atoms with Crippen LogP contribution in [0.4, 0.5) is 19.0 Å². The van der Waals surface area contributed by atoms with Crippen LogP contribution in [0.3, 0.4) is 0 Å². The molecule has 2 N–H and O–H groups in total. The van der Waals surface area contributed by atoms with Crippen LogP contribution in [0, 0.1) is 0 Å². The second-order valence-corrected chi connectivity index (χ2v) is 6.13. The van der Waals surface area contributed by atoms with Crippen molar-refractivity contribution in [1.29, 1.82) is 0 Å². The summed E-state index contributed by atoms with van der Waals surface area (Å²) in [6.45, 7) is 0. The third-order valence-electron chi connectivity index (χ3n) is 4.15. The van der Waals surface area contributed by atoms with Crippen LogP contribution in [0.25, 0.3) is 6.08 Å². The number of nitrogens with zero attached hydrogens (tertiary/aromatic N) is 1. The summed E-state index contributed by atoms with van der Waals surface area (Å²) in [6, 6.07) is 11.8. The number of anilines is 1. The summed E-state index contributed by atoms with van der Waals surface area (Å²) in [5, 5.41) is 0. The molecule has 0 spiro atoms. The van der Waals surface area contributed by atoms with E-state index in [0.717, 1.165) is 36.2 Å². The fraction of sp³-hybridized carbons (Fsp3) is 0.200. The number of hydrogen-bond acceptors (Lipinski definition) is 4. The lowest BCUT2D eigenvalue weighted by Crippen LogP contribution is -2.20. The Morgan fingerprint density at radius 2 is 1.74 bits per heavy atom. The van der Waals surface area contributed by atoms with E-state index >= 15 is 0 Å². The maximum absolute atomic E-state index is 12.6. The second-order valence-electron chi connectivity index (χ2n) is 6.13. The molecular formula is C20H18F3N3O. The van der Waals surface area contributed by atoms with Crippen LogP contribution in [0.5, 0.6) is 0 Å². The predicted molar refractivity (Wildman–Crippen MR) is 97.4 cm³/mol. The number of carbonyl (C=O) groups is 1. The summed E-state index contributed by atoms with van der Waals surface area (Å²) in [7, 11) is 0. The standard InChI is InChI=1S/C20H18F3N3O/c21-20(22,23)17-9-10-18(24-13-17)26-25-12-16-8-4-7-15(19(16)27)11-14-5-2-1-3-6-14/h1-3,5-6,9-13,25H,4,7-8H2,(H,24,26)/b15-11-,16-12?. The zero-order chi connectivity index (χ0) is 19.3. The molecule has 0 radical (unpaired) electrons. The number of hydrogen-bond donors (Lipinski definition) is 2. The predicted octanol–water partition coefficient (Wildman–Crippen LogP) is 4.74. The van der Waals surface area contributed by atoms with Gasteiger partial charge in [-0.1, -0.05) is 30.3 Å². The number of hydrazine groups is 1. The van der Waals surface area contributed by atoms with Gasteiger partial charge in [0, 0.05) is 23.5 Å². The first kappa shape index (κ1) is 18.7. The molecule has 140 valence electrons. The van der Waals surface area contributed by atoms with Gasteiger partial charge in [0.1, 0.15) is 5.82 Å². The van der Waals surface area contributed by atoms with E-state index in [1.165, 1.54) is 6.07 Å². The number of nitrogens with one attached hydrogen (secondary N) is 2. The molecule has 1 aliphatic carbocycles. The van der Waals surface area contributed by atoms with Gasteiger partial charge < -0.3 is 5.43 Å². The van der Waals surface area contributed by atoms with Crippen LogP contribution in [0.2, 0.25) is 0 Å². The maximum atomic E-state index is 12.6. The summed E-state index contributed by atoms with van der Waals surface area (Å²) in [6.07, 6.45) is 1.98. The van der Waals surface area contributed by atoms with Crippen LogP contribution < -0.4 is 10.9 Å². The smallest absolute Gasteiger partial charge is 0.307 e. The van der Waals surface area contributed by atoms with Crippen LogP contribution in [0.1, 0.15) is 30.4 Å². The molecule has 0 unspecified atom stereocenters. The van der Waals surface area contributed by atoms with E-state index in [4.69, 9.17) is 0 Å². The number of rotatable bonds is 4. The van der Waals surface area contributed by atoms with Gasteiger partial charge in [-0.25, -0.2) is 4.98 Å². The minimum absolute atomic E-state index is 0.0280. The van der Waals surface area contributed by atoms with Gasteiger partial charge in [0.15, 0.2) is 5.78 Å². The molecular weight excluding hydrogens is 355 g/mol. The van der Waals surface area contributed by atoms with Gasteiger partial charge >= 0.3 is 6.18 Å². The molecule has 1 aromatic carbocycles. The van der Waals surface area contributed by atoms with E-state index in [2.05, 4.69) is 15.8 Å².